The van der Waals surface area contributed by atoms with Crippen LogP contribution in [0.1, 0.15) is 20.8 Å². The van der Waals surface area contributed by atoms with E-state index in [9.17, 15) is 0 Å². The largest absolute Gasteiger partial charge is 0.230 e. The van der Waals surface area contributed by atoms with Gasteiger partial charge in [0.05, 0.1) is 5.60 Å². The summed E-state index contributed by atoms with van der Waals surface area (Å²) in [6.07, 6.45) is 0. The lowest BCUT2D eigenvalue weighted by atomic mass is 10.2. The fraction of sp³-hybridized carbons (Fsp3) is 1.00. The van der Waals surface area contributed by atoms with Crippen LogP contribution in [-0.2, 0) is 9.78 Å². The van der Waals surface area contributed by atoms with E-state index in [1.54, 1.807) is 0 Å². The van der Waals surface area contributed by atoms with Gasteiger partial charge < -0.3 is 0 Å². The average Bonchev–Trinajstić information content (AvgIpc) is 1.59. The second-order valence-electron chi connectivity index (χ2n) is 2.42. The lowest BCUT2D eigenvalue weighted by Gasteiger charge is -2.15. The summed E-state index contributed by atoms with van der Waals surface area (Å²) < 4.78 is 0.578. The van der Waals surface area contributed by atoms with Gasteiger partial charge in [-0.3, -0.25) is 0 Å². The summed E-state index contributed by atoms with van der Waals surface area (Å²) in [5.74, 6) is 0. The van der Waals surface area contributed by atoms with E-state index < -0.39 is 0 Å². The van der Waals surface area contributed by atoms with Crippen LogP contribution < -0.4 is 0 Å². The van der Waals surface area contributed by atoms with E-state index >= 15 is 0 Å². The summed E-state index contributed by atoms with van der Waals surface area (Å²) >= 11 is 2.08. The Bertz CT molecular complexity index is 57.9. The lowest BCUT2D eigenvalue weighted by molar-refractivity contribution is -0.333. The van der Waals surface area contributed by atoms with Gasteiger partial charge in [0.2, 0.25) is 0 Å². The molecule has 0 aromatic rings. The Balaban J connectivity index is 3.11. The first-order valence-corrected chi connectivity index (χ1v) is 3.95. The summed E-state index contributed by atoms with van der Waals surface area (Å²) in [7, 11) is 0. The molecule has 2 nitrogen and oxygen atoms in total. The Morgan fingerprint density at radius 3 is 2.00 bits per heavy atom. The predicted octanol–water partition coefficient (Wildman–Crippen LogP) is 2.13. The Kier molecular flexibility index (Phi) is 3.93. The number of halogens is 1. The van der Waals surface area contributed by atoms with Gasteiger partial charge in [0.1, 0.15) is 4.61 Å². The first-order valence-electron chi connectivity index (χ1n) is 2.43. The standard InChI is InChI=1S/C5H11IO2/c1-5(2,3)8-7-4-6/h4H2,1-3H3. The van der Waals surface area contributed by atoms with Crippen molar-refractivity contribution in [2.75, 3.05) is 4.61 Å². The minimum atomic E-state index is -0.175. The molecule has 50 valence electrons. The van der Waals surface area contributed by atoms with Crippen LogP contribution in [0.4, 0.5) is 0 Å². The SMILES string of the molecule is CC(C)(C)OOCI. The van der Waals surface area contributed by atoms with Crippen LogP contribution in [0.25, 0.3) is 0 Å². The molecule has 0 aliphatic heterocycles. The molecule has 0 radical (unpaired) electrons. The van der Waals surface area contributed by atoms with E-state index in [2.05, 4.69) is 27.5 Å². The molecule has 0 bridgehead atoms. The van der Waals surface area contributed by atoms with Crippen molar-refractivity contribution in [3.63, 3.8) is 0 Å². The summed E-state index contributed by atoms with van der Waals surface area (Å²) in [6, 6.07) is 0. The highest BCUT2D eigenvalue weighted by Crippen LogP contribution is 2.06. The second kappa shape index (κ2) is 3.63. The van der Waals surface area contributed by atoms with Crippen LogP contribution in [0.3, 0.4) is 0 Å². The summed E-state index contributed by atoms with van der Waals surface area (Å²) in [5, 5.41) is 0. The van der Waals surface area contributed by atoms with Crippen molar-refractivity contribution < 1.29 is 9.78 Å². The van der Waals surface area contributed by atoms with Gasteiger partial charge >= 0.3 is 0 Å². The molecule has 0 saturated heterocycles. The fourth-order valence-corrected chi connectivity index (χ4v) is 0.326. The molecule has 0 N–H and O–H groups in total. The maximum Gasteiger partial charge on any atom is 0.133 e. The number of hydrogen-bond acceptors (Lipinski definition) is 2. The molecular formula is C5H11IO2. The molecule has 0 heterocycles. The first kappa shape index (κ1) is 8.65. The number of rotatable bonds is 2. The van der Waals surface area contributed by atoms with E-state index in [0.29, 0.717) is 4.61 Å². The molecule has 0 saturated carbocycles. The number of alkyl halides is 1. The summed E-state index contributed by atoms with van der Waals surface area (Å²) in [5.41, 5.74) is -0.175. The van der Waals surface area contributed by atoms with Gasteiger partial charge in [-0.15, -0.1) is 0 Å². The molecular weight excluding hydrogens is 219 g/mol. The van der Waals surface area contributed by atoms with Crippen molar-refractivity contribution in [2.24, 2.45) is 0 Å². The van der Waals surface area contributed by atoms with Gasteiger partial charge in [-0.1, -0.05) is 22.6 Å². The van der Waals surface area contributed by atoms with E-state index in [-0.39, 0.29) is 5.60 Å². The van der Waals surface area contributed by atoms with Crippen LogP contribution in [0.15, 0.2) is 0 Å². The summed E-state index contributed by atoms with van der Waals surface area (Å²) in [4.78, 5) is 9.56. The lowest BCUT2D eigenvalue weighted by Crippen LogP contribution is -2.18. The number of hydrogen-bond donors (Lipinski definition) is 0. The van der Waals surface area contributed by atoms with Gasteiger partial charge in [0.25, 0.3) is 0 Å². The van der Waals surface area contributed by atoms with E-state index in [1.165, 1.54) is 0 Å². The van der Waals surface area contributed by atoms with Gasteiger partial charge in [-0.2, -0.15) is 0 Å². The Morgan fingerprint density at radius 2 is 1.88 bits per heavy atom. The van der Waals surface area contributed by atoms with Crippen molar-refractivity contribution in [3.05, 3.63) is 0 Å². The van der Waals surface area contributed by atoms with Crippen molar-refractivity contribution in [1.29, 1.82) is 0 Å². The molecule has 0 fully saturated rings. The smallest absolute Gasteiger partial charge is 0.133 e. The maximum absolute atomic E-state index is 4.87. The van der Waals surface area contributed by atoms with Crippen molar-refractivity contribution in [2.45, 2.75) is 26.4 Å². The molecule has 0 amide bonds. The zero-order chi connectivity index (χ0) is 6.62. The zero-order valence-corrected chi connectivity index (χ0v) is 7.56. The molecule has 0 aromatic heterocycles. The molecule has 3 heteroatoms. The molecule has 8 heavy (non-hydrogen) atoms. The molecule has 0 unspecified atom stereocenters. The third kappa shape index (κ3) is 6.65. The highest BCUT2D eigenvalue weighted by atomic mass is 127. The fourth-order valence-electron chi connectivity index (χ4n) is 0.199. The van der Waals surface area contributed by atoms with Crippen molar-refractivity contribution >= 4 is 22.6 Å². The van der Waals surface area contributed by atoms with Crippen LogP contribution in [0.5, 0.6) is 0 Å². The normalized spacial score (nSPS) is 12.0. The monoisotopic (exact) mass is 230 g/mol. The molecule has 0 rings (SSSR count). The maximum atomic E-state index is 4.87. The van der Waals surface area contributed by atoms with Gasteiger partial charge in [-0.05, 0) is 20.8 Å². The Hall–Kier alpha value is 0.650. The third-order valence-electron chi connectivity index (χ3n) is 0.353. The Morgan fingerprint density at radius 1 is 1.38 bits per heavy atom. The van der Waals surface area contributed by atoms with Crippen molar-refractivity contribution in [3.8, 4) is 0 Å². The molecule has 0 aliphatic rings. The van der Waals surface area contributed by atoms with Gasteiger partial charge in [0.15, 0.2) is 0 Å². The van der Waals surface area contributed by atoms with Crippen LogP contribution in [0.2, 0.25) is 0 Å². The highest BCUT2D eigenvalue weighted by Gasteiger charge is 2.09. The molecule has 0 spiro atoms. The quantitative estimate of drug-likeness (QED) is 0.313. The van der Waals surface area contributed by atoms with E-state index in [1.807, 2.05) is 20.8 Å². The minimum Gasteiger partial charge on any atom is -0.230 e. The van der Waals surface area contributed by atoms with E-state index in [4.69, 9.17) is 4.89 Å². The summed E-state index contributed by atoms with van der Waals surface area (Å²) in [6.45, 7) is 5.83. The predicted molar refractivity (Wildman–Crippen MR) is 40.8 cm³/mol. The highest BCUT2D eigenvalue weighted by molar-refractivity contribution is 14.1. The van der Waals surface area contributed by atoms with Crippen LogP contribution >= 0.6 is 22.6 Å². The van der Waals surface area contributed by atoms with E-state index in [0.717, 1.165) is 0 Å². The second-order valence-corrected chi connectivity index (χ2v) is 3.05. The minimum absolute atomic E-state index is 0.175. The topological polar surface area (TPSA) is 18.5 Å². The zero-order valence-electron chi connectivity index (χ0n) is 5.40. The Labute approximate surface area is 63.6 Å². The third-order valence-corrected chi connectivity index (χ3v) is 0.608. The van der Waals surface area contributed by atoms with Crippen LogP contribution in [0, 0.1) is 0 Å². The van der Waals surface area contributed by atoms with Gasteiger partial charge in [0, 0.05) is 0 Å². The van der Waals surface area contributed by atoms with Gasteiger partial charge in [-0.25, -0.2) is 9.78 Å². The molecule has 0 aromatic carbocycles. The molecule has 0 aliphatic carbocycles. The van der Waals surface area contributed by atoms with Crippen LogP contribution in [-0.4, -0.2) is 10.2 Å². The molecule has 0 atom stereocenters. The average molecular weight is 230 g/mol. The van der Waals surface area contributed by atoms with Crippen molar-refractivity contribution in [1.82, 2.24) is 0 Å². The first-order chi connectivity index (χ1) is 3.56.